The fourth-order valence-corrected chi connectivity index (χ4v) is 3.83. The SMILES string of the molecule is CC1Cc2ccccc2N(CC2Cc3ccccc3N2)C1. The minimum absolute atomic E-state index is 0.528. The van der Waals surface area contributed by atoms with Gasteiger partial charge in [-0.15, -0.1) is 0 Å². The summed E-state index contributed by atoms with van der Waals surface area (Å²) in [4.78, 5) is 2.58. The van der Waals surface area contributed by atoms with Crippen LogP contribution in [0.3, 0.4) is 0 Å². The molecule has 0 fully saturated rings. The fourth-order valence-electron chi connectivity index (χ4n) is 3.83. The lowest BCUT2D eigenvalue weighted by atomic mass is 9.93. The fraction of sp³-hybridized carbons (Fsp3) is 0.368. The Morgan fingerprint density at radius 3 is 2.62 bits per heavy atom. The van der Waals surface area contributed by atoms with Gasteiger partial charge in [-0.1, -0.05) is 43.3 Å². The summed E-state index contributed by atoms with van der Waals surface area (Å²) >= 11 is 0. The van der Waals surface area contributed by atoms with Crippen molar-refractivity contribution in [2.24, 2.45) is 5.92 Å². The second kappa shape index (κ2) is 5.10. The van der Waals surface area contributed by atoms with E-state index in [1.54, 1.807) is 0 Å². The standard InChI is InChI=1S/C19H22N2/c1-14-10-16-7-3-5-9-19(16)21(12-14)13-17-11-15-6-2-4-8-18(15)20-17/h2-9,14,17,20H,10-13H2,1H3. The Morgan fingerprint density at radius 2 is 1.76 bits per heavy atom. The number of benzene rings is 2. The summed E-state index contributed by atoms with van der Waals surface area (Å²) in [6.45, 7) is 4.63. The van der Waals surface area contributed by atoms with E-state index >= 15 is 0 Å². The molecule has 2 atom stereocenters. The predicted molar refractivity (Wildman–Crippen MR) is 89.1 cm³/mol. The van der Waals surface area contributed by atoms with E-state index in [0.717, 1.165) is 18.9 Å². The Hall–Kier alpha value is -1.96. The highest BCUT2D eigenvalue weighted by molar-refractivity contribution is 5.59. The first-order valence-corrected chi connectivity index (χ1v) is 7.97. The predicted octanol–water partition coefficient (Wildman–Crippen LogP) is 3.72. The van der Waals surface area contributed by atoms with E-state index in [-0.39, 0.29) is 0 Å². The lowest BCUT2D eigenvalue weighted by molar-refractivity contribution is 0.519. The van der Waals surface area contributed by atoms with Gasteiger partial charge in [0.25, 0.3) is 0 Å². The topological polar surface area (TPSA) is 15.3 Å². The van der Waals surface area contributed by atoms with Gasteiger partial charge in [0, 0.05) is 30.5 Å². The molecular formula is C19H22N2. The normalized spacial score (nSPS) is 23.4. The highest BCUT2D eigenvalue weighted by atomic mass is 15.2. The van der Waals surface area contributed by atoms with Gasteiger partial charge in [0.05, 0.1) is 0 Å². The molecule has 0 amide bonds. The van der Waals surface area contributed by atoms with E-state index in [4.69, 9.17) is 0 Å². The van der Waals surface area contributed by atoms with E-state index in [2.05, 4.69) is 65.7 Å². The molecule has 0 aliphatic carbocycles. The van der Waals surface area contributed by atoms with Crippen LogP contribution in [0, 0.1) is 5.92 Å². The lowest BCUT2D eigenvalue weighted by Gasteiger charge is -2.36. The molecule has 2 aliphatic rings. The van der Waals surface area contributed by atoms with Gasteiger partial charge in [0.15, 0.2) is 0 Å². The van der Waals surface area contributed by atoms with Gasteiger partial charge in [-0.2, -0.15) is 0 Å². The molecular weight excluding hydrogens is 256 g/mol. The third kappa shape index (κ3) is 2.39. The first-order chi connectivity index (χ1) is 10.3. The van der Waals surface area contributed by atoms with Crippen LogP contribution in [0.25, 0.3) is 0 Å². The molecule has 21 heavy (non-hydrogen) atoms. The molecule has 2 heteroatoms. The quantitative estimate of drug-likeness (QED) is 0.900. The maximum atomic E-state index is 3.69. The summed E-state index contributed by atoms with van der Waals surface area (Å²) in [5.41, 5.74) is 5.72. The van der Waals surface area contributed by atoms with Crippen molar-refractivity contribution >= 4 is 11.4 Å². The van der Waals surface area contributed by atoms with Gasteiger partial charge in [-0.25, -0.2) is 0 Å². The molecule has 0 saturated heterocycles. The molecule has 2 unspecified atom stereocenters. The number of para-hydroxylation sites is 2. The Kier molecular flexibility index (Phi) is 3.10. The Balaban J connectivity index is 1.54. The van der Waals surface area contributed by atoms with Crippen LogP contribution >= 0.6 is 0 Å². The van der Waals surface area contributed by atoms with E-state index < -0.39 is 0 Å². The van der Waals surface area contributed by atoms with Crippen molar-refractivity contribution < 1.29 is 0 Å². The number of hydrogen-bond donors (Lipinski definition) is 1. The number of anilines is 2. The molecule has 2 aromatic rings. The van der Waals surface area contributed by atoms with Crippen LogP contribution in [0.4, 0.5) is 11.4 Å². The molecule has 108 valence electrons. The number of nitrogens with zero attached hydrogens (tertiary/aromatic N) is 1. The van der Waals surface area contributed by atoms with Crippen LogP contribution in [0.1, 0.15) is 18.1 Å². The highest BCUT2D eigenvalue weighted by Gasteiger charge is 2.26. The van der Waals surface area contributed by atoms with Crippen LogP contribution in [-0.2, 0) is 12.8 Å². The minimum atomic E-state index is 0.528. The van der Waals surface area contributed by atoms with E-state index in [1.807, 2.05) is 0 Å². The van der Waals surface area contributed by atoms with Crippen LogP contribution in [0.5, 0.6) is 0 Å². The summed E-state index contributed by atoms with van der Waals surface area (Å²) in [5.74, 6) is 0.740. The first kappa shape index (κ1) is 12.8. The highest BCUT2D eigenvalue weighted by Crippen LogP contribution is 2.31. The zero-order valence-electron chi connectivity index (χ0n) is 12.5. The molecule has 2 nitrogen and oxygen atoms in total. The van der Waals surface area contributed by atoms with Crippen molar-refractivity contribution in [3.63, 3.8) is 0 Å². The molecule has 0 radical (unpaired) electrons. The first-order valence-electron chi connectivity index (χ1n) is 7.97. The summed E-state index contributed by atoms with van der Waals surface area (Å²) in [5, 5.41) is 3.69. The van der Waals surface area contributed by atoms with E-state index in [9.17, 15) is 0 Å². The minimum Gasteiger partial charge on any atom is -0.380 e. The molecule has 0 saturated carbocycles. The van der Waals surface area contributed by atoms with Crippen molar-refractivity contribution in [2.45, 2.75) is 25.8 Å². The number of nitrogens with one attached hydrogen (secondary N) is 1. The van der Waals surface area contributed by atoms with Gasteiger partial charge >= 0.3 is 0 Å². The smallest absolute Gasteiger partial charge is 0.0477 e. The molecule has 2 aliphatic heterocycles. The summed E-state index contributed by atoms with van der Waals surface area (Å²) < 4.78 is 0. The summed E-state index contributed by atoms with van der Waals surface area (Å²) in [7, 11) is 0. The van der Waals surface area contributed by atoms with Crippen molar-refractivity contribution in [3.8, 4) is 0 Å². The average molecular weight is 278 g/mol. The second-order valence-corrected chi connectivity index (χ2v) is 6.55. The van der Waals surface area contributed by atoms with Crippen molar-refractivity contribution in [3.05, 3.63) is 59.7 Å². The molecule has 1 N–H and O–H groups in total. The zero-order chi connectivity index (χ0) is 14.2. The van der Waals surface area contributed by atoms with E-state index in [0.29, 0.717) is 6.04 Å². The van der Waals surface area contributed by atoms with Crippen molar-refractivity contribution in [1.29, 1.82) is 0 Å². The summed E-state index contributed by atoms with van der Waals surface area (Å²) in [6.07, 6.45) is 2.36. The molecule has 0 aromatic heterocycles. The molecule has 0 spiro atoms. The zero-order valence-corrected chi connectivity index (χ0v) is 12.5. The molecule has 2 heterocycles. The van der Waals surface area contributed by atoms with Gasteiger partial charge in [-0.3, -0.25) is 0 Å². The third-order valence-electron chi connectivity index (χ3n) is 4.72. The molecule has 0 bridgehead atoms. The number of rotatable bonds is 2. The molecule has 4 rings (SSSR count). The monoisotopic (exact) mass is 278 g/mol. The van der Waals surface area contributed by atoms with Crippen LogP contribution < -0.4 is 10.2 Å². The van der Waals surface area contributed by atoms with E-state index in [1.165, 1.54) is 35.5 Å². The summed E-state index contributed by atoms with van der Waals surface area (Å²) in [6, 6.07) is 18.1. The Morgan fingerprint density at radius 1 is 1.00 bits per heavy atom. The second-order valence-electron chi connectivity index (χ2n) is 6.55. The largest absolute Gasteiger partial charge is 0.380 e. The van der Waals surface area contributed by atoms with Crippen LogP contribution in [-0.4, -0.2) is 19.1 Å². The van der Waals surface area contributed by atoms with Gasteiger partial charge < -0.3 is 10.2 Å². The Labute approximate surface area is 126 Å². The van der Waals surface area contributed by atoms with Crippen molar-refractivity contribution in [2.75, 3.05) is 23.3 Å². The van der Waals surface area contributed by atoms with Crippen LogP contribution in [0.2, 0.25) is 0 Å². The number of hydrogen-bond acceptors (Lipinski definition) is 2. The number of fused-ring (bicyclic) bond motifs is 2. The average Bonchev–Trinajstić information content (AvgIpc) is 2.89. The van der Waals surface area contributed by atoms with Gasteiger partial charge in [0.1, 0.15) is 0 Å². The molecule has 2 aromatic carbocycles. The maximum Gasteiger partial charge on any atom is 0.0477 e. The van der Waals surface area contributed by atoms with Gasteiger partial charge in [-0.05, 0) is 42.0 Å². The maximum absolute atomic E-state index is 3.69. The van der Waals surface area contributed by atoms with Crippen LogP contribution in [0.15, 0.2) is 48.5 Å². The third-order valence-corrected chi connectivity index (χ3v) is 4.72. The lowest BCUT2D eigenvalue weighted by Crippen LogP contribution is -2.41. The van der Waals surface area contributed by atoms with Crippen molar-refractivity contribution in [1.82, 2.24) is 0 Å². The van der Waals surface area contributed by atoms with Gasteiger partial charge in [0.2, 0.25) is 0 Å². The Bertz CT molecular complexity index is 625.